The normalized spacial score (nSPS) is 20.0. The number of ether oxygens (including phenoxy) is 1. The molecule has 2 aromatic rings. The highest BCUT2D eigenvalue weighted by molar-refractivity contribution is 7.16. The van der Waals surface area contributed by atoms with E-state index < -0.39 is 6.61 Å². The molecule has 0 aliphatic heterocycles. The van der Waals surface area contributed by atoms with E-state index in [-0.39, 0.29) is 23.6 Å². The highest BCUT2D eigenvalue weighted by Gasteiger charge is 2.28. The maximum atomic E-state index is 12.3. The zero-order valence-corrected chi connectivity index (χ0v) is 14.5. The summed E-state index contributed by atoms with van der Waals surface area (Å²) >= 11 is 1.39. The number of nitrogens with zero attached hydrogens (tertiary/aromatic N) is 1. The van der Waals surface area contributed by atoms with E-state index in [2.05, 4.69) is 15.0 Å². The Morgan fingerprint density at radius 1 is 1.36 bits per heavy atom. The molecule has 1 amide bonds. The first-order valence-corrected chi connectivity index (χ1v) is 8.83. The molecule has 5 nitrogen and oxygen atoms in total. The van der Waals surface area contributed by atoms with Crippen LogP contribution in [0.1, 0.15) is 24.1 Å². The van der Waals surface area contributed by atoms with Crippen LogP contribution in [-0.4, -0.2) is 23.5 Å². The minimum Gasteiger partial charge on any atom is -0.435 e. The lowest BCUT2D eigenvalue weighted by atomic mass is 10.1. The van der Waals surface area contributed by atoms with Crippen LogP contribution in [0, 0.1) is 12.8 Å². The fraction of sp³-hybridized carbons (Fsp3) is 0.412. The van der Waals surface area contributed by atoms with E-state index in [0.29, 0.717) is 17.2 Å². The third kappa shape index (κ3) is 4.32. The Hall–Kier alpha value is -2.06. The lowest BCUT2D eigenvalue weighted by molar-refractivity contribution is -0.119. The molecular weight excluding hydrogens is 348 g/mol. The van der Waals surface area contributed by atoms with Gasteiger partial charge in [0.15, 0.2) is 5.13 Å². The molecule has 3 rings (SSSR count). The molecule has 2 atom stereocenters. The fourth-order valence-corrected chi connectivity index (χ4v) is 3.81. The number of benzene rings is 1. The Balaban J connectivity index is 1.70. The molecule has 1 fully saturated rings. The van der Waals surface area contributed by atoms with Crippen molar-refractivity contribution in [2.24, 2.45) is 11.7 Å². The van der Waals surface area contributed by atoms with Gasteiger partial charge in [-0.05, 0) is 50.5 Å². The Morgan fingerprint density at radius 3 is 2.68 bits per heavy atom. The van der Waals surface area contributed by atoms with Gasteiger partial charge in [-0.15, -0.1) is 11.3 Å². The molecule has 0 saturated heterocycles. The van der Waals surface area contributed by atoms with Gasteiger partial charge in [0, 0.05) is 22.4 Å². The van der Waals surface area contributed by atoms with E-state index in [1.54, 1.807) is 12.1 Å². The van der Waals surface area contributed by atoms with Crippen molar-refractivity contribution in [2.75, 3.05) is 5.32 Å². The number of amides is 1. The lowest BCUT2D eigenvalue weighted by Crippen LogP contribution is -2.23. The van der Waals surface area contributed by atoms with E-state index >= 15 is 0 Å². The standard InChI is InChI=1S/C17H19F2N3O2S/c1-9-14(10-3-6-13(7-4-10)24-16(18)19)21-17(25-9)22-15(23)11-2-5-12(20)8-11/h3-4,6-7,11-12,16H,2,5,8,20H2,1H3,(H,21,22,23). The summed E-state index contributed by atoms with van der Waals surface area (Å²) in [6.07, 6.45) is 2.37. The van der Waals surface area contributed by atoms with Gasteiger partial charge in [-0.2, -0.15) is 8.78 Å². The van der Waals surface area contributed by atoms with Crippen LogP contribution in [0.25, 0.3) is 11.3 Å². The molecule has 1 heterocycles. The second-order valence-corrected chi connectivity index (χ2v) is 7.29. The van der Waals surface area contributed by atoms with Crippen molar-refractivity contribution < 1.29 is 18.3 Å². The zero-order valence-electron chi connectivity index (χ0n) is 13.7. The number of nitrogens with two attached hydrogens (primary N) is 1. The molecule has 8 heteroatoms. The predicted octanol–water partition coefficient (Wildman–Crippen LogP) is 3.79. The predicted molar refractivity (Wildman–Crippen MR) is 92.9 cm³/mol. The SMILES string of the molecule is Cc1sc(NC(=O)C2CCC(N)C2)nc1-c1ccc(OC(F)F)cc1. The van der Waals surface area contributed by atoms with Gasteiger partial charge in [0.25, 0.3) is 0 Å². The first-order valence-electron chi connectivity index (χ1n) is 8.01. The highest BCUT2D eigenvalue weighted by atomic mass is 32.1. The number of hydrogen-bond acceptors (Lipinski definition) is 5. The molecule has 0 spiro atoms. The van der Waals surface area contributed by atoms with Crippen LogP contribution in [0.3, 0.4) is 0 Å². The van der Waals surface area contributed by atoms with Gasteiger partial charge >= 0.3 is 6.61 Å². The number of alkyl halides is 2. The van der Waals surface area contributed by atoms with Crippen LogP contribution < -0.4 is 15.8 Å². The monoisotopic (exact) mass is 367 g/mol. The zero-order chi connectivity index (χ0) is 18.0. The minimum absolute atomic E-state index is 0.0473. The van der Waals surface area contributed by atoms with Crippen molar-refractivity contribution >= 4 is 22.4 Å². The molecule has 2 unspecified atom stereocenters. The van der Waals surface area contributed by atoms with Gasteiger partial charge in [-0.1, -0.05) is 0 Å². The molecular formula is C17H19F2N3O2S. The number of carbonyl (C=O) groups excluding carboxylic acids is 1. The molecule has 1 saturated carbocycles. The summed E-state index contributed by atoms with van der Waals surface area (Å²) in [5.74, 6) is -0.0138. The maximum Gasteiger partial charge on any atom is 0.387 e. The number of aromatic nitrogens is 1. The first-order chi connectivity index (χ1) is 11.9. The summed E-state index contributed by atoms with van der Waals surface area (Å²) in [5.41, 5.74) is 7.34. The molecule has 25 heavy (non-hydrogen) atoms. The Bertz CT molecular complexity index is 749. The van der Waals surface area contributed by atoms with Crippen molar-refractivity contribution in [1.29, 1.82) is 0 Å². The maximum absolute atomic E-state index is 12.3. The van der Waals surface area contributed by atoms with Crippen molar-refractivity contribution in [3.05, 3.63) is 29.1 Å². The molecule has 1 aliphatic rings. The van der Waals surface area contributed by atoms with E-state index in [0.717, 1.165) is 23.3 Å². The smallest absolute Gasteiger partial charge is 0.387 e. The average Bonchev–Trinajstić information content (AvgIpc) is 3.13. The summed E-state index contributed by atoms with van der Waals surface area (Å²) in [4.78, 5) is 17.7. The molecule has 134 valence electrons. The number of rotatable bonds is 5. The van der Waals surface area contributed by atoms with Gasteiger partial charge in [0.1, 0.15) is 5.75 Å². The van der Waals surface area contributed by atoms with Crippen LogP contribution in [0.4, 0.5) is 13.9 Å². The van der Waals surface area contributed by atoms with Crippen molar-refractivity contribution in [3.63, 3.8) is 0 Å². The number of nitrogens with one attached hydrogen (secondary N) is 1. The summed E-state index contributed by atoms with van der Waals surface area (Å²) in [6, 6.07) is 6.37. The van der Waals surface area contributed by atoms with Crippen LogP contribution in [0.2, 0.25) is 0 Å². The largest absolute Gasteiger partial charge is 0.435 e. The third-order valence-electron chi connectivity index (χ3n) is 4.22. The van der Waals surface area contributed by atoms with Crippen molar-refractivity contribution in [2.45, 2.75) is 38.8 Å². The van der Waals surface area contributed by atoms with Crippen LogP contribution in [0.5, 0.6) is 5.75 Å². The molecule has 1 aliphatic carbocycles. The van der Waals surface area contributed by atoms with Crippen LogP contribution in [-0.2, 0) is 4.79 Å². The van der Waals surface area contributed by atoms with Gasteiger partial charge in [0.2, 0.25) is 5.91 Å². The van der Waals surface area contributed by atoms with Crippen molar-refractivity contribution in [1.82, 2.24) is 4.98 Å². The highest BCUT2D eigenvalue weighted by Crippen LogP contribution is 2.32. The van der Waals surface area contributed by atoms with E-state index in [1.165, 1.54) is 23.5 Å². The number of thiazole rings is 1. The first kappa shape index (κ1) is 17.8. The lowest BCUT2D eigenvalue weighted by Gasteiger charge is -2.08. The quantitative estimate of drug-likeness (QED) is 0.843. The van der Waals surface area contributed by atoms with Gasteiger partial charge in [-0.3, -0.25) is 4.79 Å². The van der Waals surface area contributed by atoms with Crippen molar-refractivity contribution in [3.8, 4) is 17.0 Å². The summed E-state index contributed by atoms with van der Waals surface area (Å²) in [5, 5.41) is 3.40. The number of halogens is 2. The second kappa shape index (κ2) is 7.45. The molecule has 1 aromatic carbocycles. The Morgan fingerprint density at radius 2 is 2.08 bits per heavy atom. The second-order valence-electron chi connectivity index (χ2n) is 6.09. The molecule has 1 aromatic heterocycles. The van der Waals surface area contributed by atoms with Gasteiger partial charge < -0.3 is 15.8 Å². The van der Waals surface area contributed by atoms with E-state index in [4.69, 9.17) is 5.73 Å². The van der Waals surface area contributed by atoms with E-state index in [1.807, 2.05) is 6.92 Å². The minimum atomic E-state index is -2.85. The molecule has 3 N–H and O–H groups in total. The topological polar surface area (TPSA) is 77.2 Å². The molecule has 0 bridgehead atoms. The van der Waals surface area contributed by atoms with E-state index in [9.17, 15) is 13.6 Å². The Labute approximate surface area is 148 Å². The van der Waals surface area contributed by atoms with Crippen LogP contribution >= 0.6 is 11.3 Å². The Kier molecular flexibility index (Phi) is 5.29. The number of aryl methyl sites for hydroxylation is 1. The number of anilines is 1. The summed E-state index contributed by atoms with van der Waals surface area (Å²) in [6.45, 7) is -0.949. The summed E-state index contributed by atoms with van der Waals surface area (Å²) < 4.78 is 28.7. The number of hydrogen-bond donors (Lipinski definition) is 2. The number of carbonyl (C=O) groups is 1. The average molecular weight is 367 g/mol. The molecule has 0 radical (unpaired) electrons. The summed E-state index contributed by atoms with van der Waals surface area (Å²) in [7, 11) is 0. The van der Waals surface area contributed by atoms with Crippen LogP contribution in [0.15, 0.2) is 24.3 Å². The third-order valence-corrected chi connectivity index (χ3v) is 5.11. The fourth-order valence-electron chi connectivity index (χ4n) is 2.97. The van der Waals surface area contributed by atoms with Gasteiger partial charge in [0.05, 0.1) is 5.69 Å². The van der Waals surface area contributed by atoms with Gasteiger partial charge in [-0.25, -0.2) is 4.98 Å².